The van der Waals surface area contributed by atoms with Gasteiger partial charge in [0.05, 0.1) is 0 Å². The minimum atomic E-state index is 0.744. The van der Waals surface area contributed by atoms with Gasteiger partial charge in [0.1, 0.15) is 0 Å². The first-order valence-electron chi connectivity index (χ1n) is 5.78. The van der Waals surface area contributed by atoms with Crippen LogP contribution in [0.2, 0.25) is 0 Å². The highest BCUT2D eigenvalue weighted by Gasteiger charge is 2.16. The fourth-order valence-electron chi connectivity index (χ4n) is 1.93. The van der Waals surface area contributed by atoms with Gasteiger partial charge in [0.2, 0.25) is 0 Å². The van der Waals surface area contributed by atoms with Crippen LogP contribution in [0.3, 0.4) is 0 Å². The Morgan fingerprint density at radius 1 is 1.38 bits per heavy atom. The van der Waals surface area contributed by atoms with E-state index in [1.807, 2.05) is 13.0 Å². The Bertz CT molecular complexity index is 291. The van der Waals surface area contributed by atoms with Crippen LogP contribution in [-0.4, -0.2) is 49.1 Å². The highest BCUT2D eigenvalue weighted by atomic mass is 15.3. The summed E-state index contributed by atoms with van der Waals surface area (Å²) in [5.41, 5.74) is 6.76. The summed E-state index contributed by atoms with van der Waals surface area (Å²) in [6.45, 7) is 8.05. The van der Waals surface area contributed by atoms with Gasteiger partial charge in [0.15, 0.2) is 0 Å². The number of terminal acetylenes is 1. The first kappa shape index (κ1) is 12.8. The van der Waals surface area contributed by atoms with E-state index in [-0.39, 0.29) is 0 Å². The molecule has 0 aliphatic carbocycles. The molecule has 2 N–H and O–H groups in total. The van der Waals surface area contributed by atoms with E-state index in [1.165, 1.54) is 5.70 Å². The molecular formula is C13H21N3. The summed E-state index contributed by atoms with van der Waals surface area (Å²) in [5.74, 6) is 2.53. The molecule has 0 aromatic carbocycles. The molecule has 0 spiro atoms. The summed E-state index contributed by atoms with van der Waals surface area (Å²) in [4.78, 5) is 4.76. The number of allylic oxidation sites excluding steroid dienone is 3. The highest BCUT2D eigenvalue weighted by Crippen LogP contribution is 2.10. The van der Waals surface area contributed by atoms with Gasteiger partial charge >= 0.3 is 0 Å². The first-order chi connectivity index (χ1) is 7.81. The maximum Gasteiger partial charge on any atom is 0.0330 e. The van der Waals surface area contributed by atoms with Gasteiger partial charge in [-0.25, -0.2) is 0 Å². The fourth-order valence-corrected chi connectivity index (χ4v) is 1.93. The van der Waals surface area contributed by atoms with Gasteiger partial charge in [-0.2, -0.15) is 0 Å². The molecule has 16 heavy (non-hydrogen) atoms. The Morgan fingerprint density at radius 3 is 2.56 bits per heavy atom. The molecule has 3 heteroatoms. The molecule has 88 valence electrons. The SMILES string of the molecule is C#C/C=C\C(=C/C)N1CCN(CCN)CC1. The third-order valence-electron chi connectivity index (χ3n) is 2.83. The summed E-state index contributed by atoms with van der Waals surface area (Å²) < 4.78 is 0. The average molecular weight is 219 g/mol. The molecule has 1 fully saturated rings. The van der Waals surface area contributed by atoms with Crippen LogP contribution < -0.4 is 5.73 Å². The lowest BCUT2D eigenvalue weighted by atomic mass is 10.2. The molecule has 1 rings (SSSR count). The van der Waals surface area contributed by atoms with Crippen LogP contribution in [-0.2, 0) is 0 Å². The van der Waals surface area contributed by atoms with Crippen molar-refractivity contribution in [3.05, 3.63) is 23.9 Å². The number of hydrogen-bond donors (Lipinski definition) is 1. The van der Waals surface area contributed by atoms with E-state index in [0.717, 1.165) is 39.3 Å². The van der Waals surface area contributed by atoms with Crippen molar-refractivity contribution >= 4 is 0 Å². The smallest absolute Gasteiger partial charge is 0.0330 e. The molecule has 0 aromatic rings. The Morgan fingerprint density at radius 2 is 2.06 bits per heavy atom. The van der Waals surface area contributed by atoms with E-state index in [0.29, 0.717) is 0 Å². The summed E-state index contributed by atoms with van der Waals surface area (Å²) in [7, 11) is 0. The van der Waals surface area contributed by atoms with Crippen LogP contribution in [0.25, 0.3) is 0 Å². The molecule has 0 atom stereocenters. The largest absolute Gasteiger partial charge is 0.369 e. The molecule has 0 unspecified atom stereocenters. The number of rotatable bonds is 4. The Hall–Kier alpha value is -1.24. The molecule has 0 aromatic heterocycles. The van der Waals surface area contributed by atoms with Crippen LogP contribution in [0.4, 0.5) is 0 Å². The highest BCUT2D eigenvalue weighted by molar-refractivity contribution is 5.23. The minimum Gasteiger partial charge on any atom is -0.369 e. The molecule has 1 heterocycles. The molecule has 1 aliphatic heterocycles. The van der Waals surface area contributed by atoms with Crippen LogP contribution in [0, 0.1) is 12.3 Å². The molecule has 0 saturated carbocycles. The summed E-state index contributed by atoms with van der Waals surface area (Å²) >= 11 is 0. The van der Waals surface area contributed by atoms with Crippen molar-refractivity contribution in [2.45, 2.75) is 6.92 Å². The normalized spacial score (nSPS) is 19.1. The van der Waals surface area contributed by atoms with Crippen molar-refractivity contribution in [3.63, 3.8) is 0 Å². The molecule has 0 amide bonds. The fraction of sp³-hybridized carbons (Fsp3) is 0.538. The second-order valence-electron chi connectivity index (χ2n) is 3.83. The monoisotopic (exact) mass is 219 g/mol. The van der Waals surface area contributed by atoms with Gasteiger partial charge in [0.25, 0.3) is 0 Å². The Labute approximate surface area is 98.6 Å². The van der Waals surface area contributed by atoms with Crippen molar-refractivity contribution in [1.82, 2.24) is 9.80 Å². The second kappa shape index (κ2) is 7.10. The Balaban J connectivity index is 2.46. The zero-order valence-corrected chi connectivity index (χ0v) is 10.0. The van der Waals surface area contributed by atoms with Gasteiger partial charge in [-0.15, -0.1) is 6.42 Å². The predicted molar refractivity (Wildman–Crippen MR) is 68.8 cm³/mol. The van der Waals surface area contributed by atoms with Crippen molar-refractivity contribution < 1.29 is 0 Å². The van der Waals surface area contributed by atoms with Crippen molar-refractivity contribution in [2.75, 3.05) is 39.3 Å². The predicted octanol–water partition coefficient (Wildman–Crippen LogP) is 0.656. The summed E-state index contributed by atoms with van der Waals surface area (Å²) in [6.07, 6.45) is 11.1. The van der Waals surface area contributed by atoms with Crippen molar-refractivity contribution in [2.24, 2.45) is 5.73 Å². The molecule has 0 radical (unpaired) electrons. The lowest BCUT2D eigenvalue weighted by Crippen LogP contribution is -2.46. The maximum absolute atomic E-state index is 5.55. The first-order valence-corrected chi connectivity index (χ1v) is 5.78. The third-order valence-corrected chi connectivity index (χ3v) is 2.83. The van der Waals surface area contributed by atoms with E-state index in [1.54, 1.807) is 6.08 Å². The number of nitrogens with two attached hydrogens (primary N) is 1. The number of hydrogen-bond acceptors (Lipinski definition) is 3. The standard InChI is InChI=1S/C13H21N3/c1-3-5-6-13(4-2)16-11-9-15(8-7-14)10-12-16/h1,4-6H,7-12,14H2,2H3/b6-5-,13-4+. The van der Waals surface area contributed by atoms with E-state index < -0.39 is 0 Å². The quantitative estimate of drug-likeness (QED) is 0.557. The lowest BCUT2D eigenvalue weighted by molar-refractivity contribution is 0.165. The number of nitrogens with zero attached hydrogens (tertiary/aromatic N) is 2. The zero-order valence-electron chi connectivity index (χ0n) is 10.0. The summed E-state index contributed by atoms with van der Waals surface area (Å²) in [5, 5.41) is 0. The summed E-state index contributed by atoms with van der Waals surface area (Å²) in [6, 6.07) is 0. The van der Waals surface area contributed by atoms with Crippen LogP contribution in [0.5, 0.6) is 0 Å². The molecule has 3 nitrogen and oxygen atoms in total. The molecule has 1 saturated heterocycles. The van der Waals surface area contributed by atoms with E-state index in [4.69, 9.17) is 12.2 Å². The van der Waals surface area contributed by atoms with Gasteiger partial charge in [-0.3, -0.25) is 4.90 Å². The van der Waals surface area contributed by atoms with Crippen LogP contribution >= 0.6 is 0 Å². The van der Waals surface area contributed by atoms with Gasteiger partial charge in [-0.1, -0.05) is 12.0 Å². The second-order valence-corrected chi connectivity index (χ2v) is 3.83. The maximum atomic E-state index is 5.55. The van der Waals surface area contributed by atoms with Gasteiger partial charge in [-0.05, 0) is 19.1 Å². The lowest BCUT2D eigenvalue weighted by Gasteiger charge is -2.36. The molecular weight excluding hydrogens is 198 g/mol. The average Bonchev–Trinajstić information content (AvgIpc) is 2.32. The van der Waals surface area contributed by atoms with E-state index >= 15 is 0 Å². The van der Waals surface area contributed by atoms with Gasteiger partial charge in [0, 0.05) is 45.0 Å². The zero-order chi connectivity index (χ0) is 11.8. The van der Waals surface area contributed by atoms with Crippen molar-refractivity contribution in [1.29, 1.82) is 0 Å². The van der Waals surface area contributed by atoms with E-state index in [9.17, 15) is 0 Å². The number of piperazine rings is 1. The molecule has 0 bridgehead atoms. The van der Waals surface area contributed by atoms with Crippen LogP contribution in [0.15, 0.2) is 23.9 Å². The third kappa shape index (κ3) is 3.73. The van der Waals surface area contributed by atoms with Gasteiger partial charge < -0.3 is 10.6 Å². The van der Waals surface area contributed by atoms with Crippen molar-refractivity contribution in [3.8, 4) is 12.3 Å². The minimum absolute atomic E-state index is 0.744. The van der Waals surface area contributed by atoms with E-state index in [2.05, 4.69) is 21.8 Å². The van der Waals surface area contributed by atoms with Crippen LogP contribution in [0.1, 0.15) is 6.92 Å². The topological polar surface area (TPSA) is 32.5 Å². The molecule has 1 aliphatic rings. The Kier molecular flexibility index (Phi) is 5.69.